The van der Waals surface area contributed by atoms with Gasteiger partial charge in [0.15, 0.2) is 11.5 Å². The van der Waals surface area contributed by atoms with Crippen LogP contribution in [0.15, 0.2) is 66.7 Å². The largest absolute Gasteiger partial charge is 0.457 e. The van der Waals surface area contributed by atoms with Crippen molar-refractivity contribution in [1.29, 1.82) is 5.26 Å². The molecule has 0 unspecified atom stereocenters. The highest BCUT2D eigenvalue weighted by molar-refractivity contribution is 6.07. The fourth-order valence-electron chi connectivity index (χ4n) is 4.69. The fraction of sp³-hybridized carbons (Fsp3) is 0.138. The smallest absolute Gasteiger partial charge is 0.339 e. The van der Waals surface area contributed by atoms with Crippen molar-refractivity contribution in [3.63, 3.8) is 0 Å². The number of nitrogens with zero attached hydrogens (tertiary/aromatic N) is 2. The van der Waals surface area contributed by atoms with Gasteiger partial charge in [-0.05, 0) is 59.9 Å². The molecule has 0 fully saturated rings. The van der Waals surface area contributed by atoms with E-state index >= 15 is 0 Å². The van der Waals surface area contributed by atoms with Gasteiger partial charge < -0.3 is 14.2 Å². The first-order valence-electron chi connectivity index (χ1n) is 11.4. The van der Waals surface area contributed by atoms with Gasteiger partial charge in [0.1, 0.15) is 6.61 Å². The second-order valence-corrected chi connectivity index (χ2v) is 8.46. The third-order valence-electron chi connectivity index (χ3n) is 6.38. The summed E-state index contributed by atoms with van der Waals surface area (Å²) in [7, 11) is 0. The number of para-hydroxylation sites is 1. The van der Waals surface area contributed by atoms with E-state index < -0.39 is 5.97 Å². The molecule has 2 heterocycles. The highest BCUT2D eigenvalue weighted by Gasteiger charge is 2.28. The molecule has 0 radical (unpaired) electrons. The molecule has 35 heavy (non-hydrogen) atoms. The van der Waals surface area contributed by atoms with Crippen LogP contribution in [0.2, 0.25) is 0 Å². The number of hydrogen-bond donors (Lipinski definition) is 0. The molecule has 2 aliphatic rings. The van der Waals surface area contributed by atoms with Crippen LogP contribution >= 0.6 is 0 Å². The molecule has 0 atom stereocenters. The van der Waals surface area contributed by atoms with Gasteiger partial charge in [0, 0.05) is 10.9 Å². The molecule has 1 aromatic heterocycles. The first-order chi connectivity index (χ1) is 17.2. The van der Waals surface area contributed by atoms with E-state index in [1.165, 1.54) is 0 Å². The lowest BCUT2D eigenvalue weighted by atomic mass is 10.0. The van der Waals surface area contributed by atoms with E-state index in [9.17, 15) is 10.1 Å². The summed E-state index contributed by atoms with van der Waals surface area (Å²) in [6.45, 7) is 0.268. The molecule has 6 heteroatoms. The van der Waals surface area contributed by atoms with Crippen molar-refractivity contribution < 1.29 is 19.0 Å². The van der Waals surface area contributed by atoms with E-state index in [-0.39, 0.29) is 13.4 Å². The lowest BCUT2D eigenvalue weighted by Crippen LogP contribution is -2.11. The Bertz CT molecular complexity index is 1570. The van der Waals surface area contributed by atoms with E-state index in [2.05, 4.69) is 12.1 Å². The number of carbonyl (C=O) groups is 1. The van der Waals surface area contributed by atoms with E-state index in [0.717, 1.165) is 51.2 Å². The zero-order valence-corrected chi connectivity index (χ0v) is 18.8. The molecule has 3 aromatic carbocycles. The monoisotopic (exact) mass is 460 g/mol. The van der Waals surface area contributed by atoms with Crippen LogP contribution in [0.3, 0.4) is 0 Å². The second kappa shape index (κ2) is 8.62. The van der Waals surface area contributed by atoms with Crippen LogP contribution in [-0.4, -0.2) is 17.7 Å². The molecular formula is C29H20N2O4. The van der Waals surface area contributed by atoms with Crippen molar-refractivity contribution in [2.24, 2.45) is 0 Å². The van der Waals surface area contributed by atoms with Gasteiger partial charge in [-0.15, -0.1) is 0 Å². The predicted octanol–water partition coefficient (Wildman–Crippen LogP) is 5.68. The van der Waals surface area contributed by atoms with Crippen molar-refractivity contribution in [1.82, 2.24) is 4.98 Å². The third-order valence-corrected chi connectivity index (χ3v) is 6.38. The molecule has 0 N–H and O–H groups in total. The van der Waals surface area contributed by atoms with Crippen LogP contribution in [0.25, 0.3) is 22.6 Å². The van der Waals surface area contributed by atoms with Gasteiger partial charge in [0.05, 0.1) is 28.4 Å². The Labute approximate surface area is 202 Å². The summed E-state index contributed by atoms with van der Waals surface area (Å²) in [4.78, 5) is 18.3. The summed E-state index contributed by atoms with van der Waals surface area (Å²) in [5.74, 6) is 1.06. The van der Waals surface area contributed by atoms with Crippen LogP contribution < -0.4 is 9.47 Å². The molecule has 0 saturated carbocycles. The molecule has 0 amide bonds. The van der Waals surface area contributed by atoms with Gasteiger partial charge >= 0.3 is 5.97 Å². The number of benzene rings is 3. The van der Waals surface area contributed by atoms with Gasteiger partial charge in [-0.2, -0.15) is 5.26 Å². The number of nitriles is 1. The molecule has 6 rings (SSSR count). The first kappa shape index (κ1) is 20.9. The van der Waals surface area contributed by atoms with Gasteiger partial charge in [0.25, 0.3) is 0 Å². The van der Waals surface area contributed by atoms with Gasteiger partial charge in [-0.25, -0.2) is 9.78 Å². The zero-order valence-electron chi connectivity index (χ0n) is 18.8. The van der Waals surface area contributed by atoms with E-state index in [1.54, 1.807) is 18.2 Å². The minimum Gasteiger partial charge on any atom is -0.457 e. The van der Waals surface area contributed by atoms with Crippen molar-refractivity contribution >= 4 is 28.5 Å². The number of aromatic nitrogens is 1. The topological polar surface area (TPSA) is 81.4 Å². The maximum Gasteiger partial charge on any atom is 0.339 e. The molecule has 6 nitrogen and oxygen atoms in total. The van der Waals surface area contributed by atoms with Crippen molar-refractivity contribution in [2.45, 2.75) is 19.4 Å². The minimum absolute atomic E-state index is 0.0356. The number of pyridine rings is 1. The second-order valence-electron chi connectivity index (χ2n) is 8.46. The van der Waals surface area contributed by atoms with E-state index in [4.69, 9.17) is 19.2 Å². The summed E-state index contributed by atoms with van der Waals surface area (Å²) in [5.41, 5.74) is 6.25. The van der Waals surface area contributed by atoms with Gasteiger partial charge in [-0.1, -0.05) is 42.5 Å². The minimum atomic E-state index is -0.406. The number of fused-ring (bicyclic) bond motifs is 3. The lowest BCUT2D eigenvalue weighted by Gasteiger charge is -2.13. The number of esters is 1. The van der Waals surface area contributed by atoms with Gasteiger partial charge in [0.2, 0.25) is 6.79 Å². The standard InChI is InChI=1S/C29H20N2O4/c30-15-20-5-1-2-6-21(20)16-33-29(32)27-22-7-3-4-8-24(22)31-28-19(10-11-23(27)28)13-18-9-12-25-26(14-18)35-17-34-25/h1-9,12-14H,10-11,16-17H2. The Morgan fingerprint density at radius 2 is 1.86 bits per heavy atom. The number of allylic oxidation sites excluding steroid dienone is 1. The lowest BCUT2D eigenvalue weighted by molar-refractivity contribution is 0.0473. The quantitative estimate of drug-likeness (QED) is 0.365. The summed E-state index contributed by atoms with van der Waals surface area (Å²) in [5, 5.41) is 10.1. The molecule has 170 valence electrons. The van der Waals surface area contributed by atoms with E-state index in [0.29, 0.717) is 23.1 Å². The van der Waals surface area contributed by atoms with Crippen molar-refractivity contribution in [3.8, 4) is 17.6 Å². The van der Waals surface area contributed by atoms with Crippen molar-refractivity contribution in [3.05, 3.63) is 100 Å². The highest BCUT2D eigenvalue weighted by Crippen LogP contribution is 2.39. The Kier molecular flexibility index (Phi) is 5.16. The highest BCUT2D eigenvalue weighted by atomic mass is 16.7. The fourth-order valence-corrected chi connectivity index (χ4v) is 4.69. The number of hydrogen-bond acceptors (Lipinski definition) is 6. The Hall–Kier alpha value is -4.63. The van der Waals surface area contributed by atoms with E-state index in [1.807, 2.05) is 48.5 Å². The van der Waals surface area contributed by atoms with Crippen LogP contribution in [0, 0.1) is 11.3 Å². The Balaban J connectivity index is 1.38. The van der Waals surface area contributed by atoms with Crippen LogP contribution in [0.1, 0.15) is 44.7 Å². The van der Waals surface area contributed by atoms with Crippen molar-refractivity contribution in [2.75, 3.05) is 6.79 Å². The summed E-state index contributed by atoms with van der Waals surface area (Å²) in [6.07, 6.45) is 3.56. The SMILES string of the molecule is N#Cc1ccccc1COC(=O)c1c2c(nc3ccccc13)C(=Cc1ccc3c(c1)OCO3)CC2. The summed E-state index contributed by atoms with van der Waals surface area (Å²) in [6, 6.07) is 22.8. The number of rotatable bonds is 4. The zero-order chi connectivity index (χ0) is 23.8. The molecule has 0 spiro atoms. The van der Waals surface area contributed by atoms with Crippen LogP contribution in [-0.2, 0) is 17.8 Å². The summed E-state index contributed by atoms with van der Waals surface area (Å²) < 4.78 is 16.7. The average molecular weight is 460 g/mol. The summed E-state index contributed by atoms with van der Waals surface area (Å²) >= 11 is 0. The maximum atomic E-state index is 13.4. The normalized spacial score (nSPS) is 14.7. The van der Waals surface area contributed by atoms with Crippen LogP contribution in [0.4, 0.5) is 0 Å². The maximum absolute atomic E-state index is 13.4. The molecule has 4 aromatic rings. The number of carbonyl (C=O) groups excluding carboxylic acids is 1. The first-order valence-corrected chi connectivity index (χ1v) is 11.4. The molecular weight excluding hydrogens is 440 g/mol. The van der Waals surface area contributed by atoms with Gasteiger partial charge in [-0.3, -0.25) is 0 Å². The predicted molar refractivity (Wildman–Crippen MR) is 131 cm³/mol. The molecule has 1 aliphatic carbocycles. The molecule has 0 saturated heterocycles. The molecule has 1 aliphatic heterocycles. The number of ether oxygens (including phenoxy) is 3. The Morgan fingerprint density at radius 3 is 2.77 bits per heavy atom. The average Bonchev–Trinajstić information content (AvgIpc) is 3.52. The molecule has 0 bridgehead atoms. The third kappa shape index (κ3) is 3.77. The van der Waals surface area contributed by atoms with Crippen LogP contribution in [0.5, 0.6) is 11.5 Å². The Morgan fingerprint density at radius 1 is 1.03 bits per heavy atom.